The van der Waals surface area contributed by atoms with Crippen LogP contribution < -0.4 is 4.90 Å². The predicted octanol–water partition coefficient (Wildman–Crippen LogP) is 5.05. The number of carboxylic acid groups (broad SMARTS) is 1. The van der Waals surface area contributed by atoms with E-state index in [0.29, 0.717) is 31.7 Å². The molecule has 192 valence electrons. The van der Waals surface area contributed by atoms with Crippen LogP contribution in [0.3, 0.4) is 0 Å². The summed E-state index contributed by atoms with van der Waals surface area (Å²) in [5, 5.41) is 11.7. The molecule has 1 fully saturated rings. The number of carbonyl (C=O) groups excluding carboxylic acids is 1. The molecule has 36 heavy (non-hydrogen) atoms. The molecule has 4 rings (SSSR count). The minimum Gasteiger partial charge on any atom is -0.475 e. The summed E-state index contributed by atoms with van der Waals surface area (Å²) in [6.07, 6.45) is -2.53. The Morgan fingerprint density at radius 3 is 2.14 bits per heavy atom. The average molecular weight is 528 g/mol. The van der Waals surface area contributed by atoms with Crippen molar-refractivity contribution < 1.29 is 36.8 Å². The second-order valence-electron chi connectivity index (χ2n) is 7.83. The lowest BCUT2D eigenvalue weighted by Gasteiger charge is -2.36. The van der Waals surface area contributed by atoms with Crippen LogP contribution in [0.5, 0.6) is 0 Å². The maximum atomic E-state index is 13.1. The minimum atomic E-state index is -5.08. The van der Waals surface area contributed by atoms with Gasteiger partial charge in [0.2, 0.25) is 5.91 Å². The van der Waals surface area contributed by atoms with Gasteiger partial charge in [0.1, 0.15) is 5.82 Å². The average Bonchev–Trinajstić information content (AvgIpc) is 3.32. The number of carboxylic acids is 1. The molecule has 2 heterocycles. The van der Waals surface area contributed by atoms with E-state index in [1.54, 1.807) is 18.3 Å². The van der Waals surface area contributed by atoms with Crippen molar-refractivity contribution in [2.75, 3.05) is 31.1 Å². The standard InChI is InChI=1S/C22H21ClFN3O2.C2HF3O2/c23-18-4-8-20(9-5-18)26-11-13-27(14-12-26)21(28)10-3-17-15-25-29-22(17)16-1-6-19(24)7-2-16;3-2(4,5)1(6)7/h1-2,4-9,15H,3,10-14H2;(H,6,7). The zero-order chi connectivity index (χ0) is 26.3. The molecular formula is C24H22ClF4N3O4. The van der Waals surface area contributed by atoms with E-state index in [0.717, 1.165) is 34.9 Å². The van der Waals surface area contributed by atoms with Crippen molar-refractivity contribution in [2.24, 2.45) is 0 Å². The van der Waals surface area contributed by atoms with Crippen molar-refractivity contribution >= 4 is 29.2 Å². The van der Waals surface area contributed by atoms with E-state index in [1.165, 1.54) is 12.1 Å². The van der Waals surface area contributed by atoms with Gasteiger partial charge >= 0.3 is 12.1 Å². The Labute approximate surface area is 208 Å². The molecule has 1 N–H and O–H groups in total. The lowest BCUT2D eigenvalue weighted by Crippen LogP contribution is -2.48. The number of alkyl halides is 3. The molecule has 0 radical (unpaired) electrons. The molecule has 1 saturated heterocycles. The number of hydrogen-bond donors (Lipinski definition) is 1. The van der Waals surface area contributed by atoms with Crippen molar-refractivity contribution in [3.63, 3.8) is 0 Å². The van der Waals surface area contributed by atoms with Crippen LogP contribution in [-0.2, 0) is 16.0 Å². The highest BCUT2D eigenvalue weighted by Gasteiger charge is 2.38. The summed E-state index contributed by atoms with van der Waals surface area (Å²) in [7, 11) is 0. The van der Waals surface area contributed by atoms with Gasteiger partial charge in [0.25, 0.3) is 0 Å². The lowest BCUT2D eigenvalue weighted by atomic mass is 10.0. The molecule has 1 aliphatic rings. The number of piperazine rings is 1. The van der Waals surface area contributed by atoms with Gasteiger partial charge in [0.15, 0.2) is 5.76 Å². The Morgan fingerprint density at radius 2 is 1.58 bits per heavy atom. The molecule has 2 aromatic carbocycles. The van der Waals surface area contributed by atoms with Crippen molar-refractivity contribution in [1.82, 2.24) is 10.1 Å². The number of aliphatic carboxylic acids is 1. The molecule has 0 unspecified atom stereocenters. The monoisotopic (exact) mass is 527 g/mol. The highest BCUT2D eigenvalue weighted by atomic mass is 35.5. The van der Waals surface area contributed by atoms with E-state index in [2.05, 4.69) is 10.1 Å². The summed E-state index contributed by atoms with van der Waals surface area (Å²) in [5.41, 5.74) is 2.72. The Kier molecular flexibility index (Phi) is 8.92. The molecule has 0 spiro atoms. The molecule has 0 saturated carbocycles. The molecule has 0 atom stereocenters. The smallest absolute Gasteiger partial charge is 0.475 e. The van der Waals surface area contributed by atoms with E-state index < -0.39 is 12.1 Å². The van der Waals surface area contributed by atoms with Crippen LogP contribution in [0.25, 0.3) is 11.3 Å². The summed E-state index contributed by atoms with van der Waals surface area (Å²) < 4.78 is 50.2. The lowest BCUT2D eigenvalue weighted by molar-refractivity contribution is -0.192. The molecule has 1 aliphatic heterocycles. The zero-order valence-corrected chi connectivity index (χ0v) is 19.6. The third-order valence-electron chi connectivity index (χ3n) is 5.43. The number of aryl methyl sites for hydroxylation is 1. The maximum Gasteiger partial charge on any atom is 0.490 e. The summed E-state index contributed by atoms with van der Waals surface area (Å²) >= 11 is 5.95. The number of amides is 1. The number of hydrogen-bond acceptors (Lipinski definition) is 5. The fourth-order valence-electron chi connectivity index (χ4n) is 3.54. The second-order valence-corrected chi connectivity index (χ2v) is 8.27. The number of rotatable bonds is 5. The van der Waals surface area contributed by atoms with Gasteiger partial charge in [-0.3, -0.25) is 4.79 Å². The topological polar surface area (TPSA) is 86.9 Å². The highest BCUT2D eigenvalue weighted by Crippen LogP contribution is 2.25. The van der Waals surface area contributed by atoms with Crippen LogP contribution in [0.2, 0.25) is 5.02 Å². The van der Waals surface area contributed by atoms with E-state index in [1.807, 2.05) is 29.2 Å². The zero-order valence-electron chi connectivity index (χ0n) is 18.8. The number of benzene rings is 2. The number of halogens is 5. The third kappa shape index (κ3) is 7.45. The third-order valence-corrected chi connectivity index (χ3v) is 5.68. The van der Waals surface area contributed by atoms with Gasteiger partial charge in [-0.25, -0.2) is 9.18 Å². The molecule has 0 aliphatic carbocycles. The Morgan fingerprint density at radius 1 is 1.00 bits per heavy atom. The first-order chi connectivity index (χ1) is 17.0. The number of nitrogens with zero attached hydrogens (tertiary/aromatic N) is 3. The van der Waals surface area contributed by atoms with Gasteiger partial charge in [-0.15, -0.1) is 0 Å². The molecule has 1 aromatic heterocycles. The summed E-state index contributed by atoms with van der Waals surface area (Å²) in [6, 6.07) is 13.8. The van der Waals surface area contributed by atoms with E-state index in [4.69, 9.17) is 26.0 Å². The van der Waals surface area contributed by atoms with Crippen molar-refractivity contribution in [3.05, 3.63) is 71.1 Å². The van der Waals surface area contributed by atoms with Crippen LogP contribution in [0, 0.1) is 5.82 Å². The van der Waals surface area contributed by atoms with E-state index in [9.17, 15) is 22.4 Å². The largest absolute Gasteiger partial charge is 0.490 e. The number of carbonyl (C=O) groups is 2. The highest BCUT2D eigenvalue weighted by molar-refractivity contribution is 6.30. The first-order valence-electron chi connectivity index (χ1n) is 10.8. The first-order valence-corrected chi connectivity index (χ1v) is 11.2. The van der Waals surface area contributed by atoms with Gasteiger partial charge in [-0.1, -0.05) is 16.8 Å². The second kappa shape index (κ2) is 11.9. The molecule has 0 bridgehead atoms. The van der Waals surface area contributed by atoms with E-state index in [-0.39, 0.29) is 11.7 Å². The summed E-state index contributed by atoms with van der Waals surface area (Å²) in [6.45, 7) is 2.97. The van der Waals surface area contributed by atoms with Crippen molar-refractivity contribution in [2.45, 2.75) is 19.0 Å². The first kappa shape index (κ1) is 27.0. The number of anilines is 1. The molecule has 1 amide bonds. The molecular weight excluding hydrogens is 506 g/mol. The summed E-state index contributed by atoms with van der Waals surface area (Å²) in [5.74, 6) is -2.35. The summed E-state index contributed by atoms with van der Waals surface area (Å²) in [4.78, 5) is 25.7. The van der Waals surface area contributed by atoms with Gasteiger partial charge < -0.3 is 19.4 Å². The predicted molar refractivity (Wildman–Crippen MR) is 124 cm³/mol. The van der Waals surface area contributed by atoms with Crippen molar-refractivity contribution in [3.8, 4) is 11.3 Å². The normalized spacial score (nSPS) is 13.7. The van der Waals surface area contributed by atoms with E-state index >= 15 is 0 Å². The Bertz CT molecular complexity index is 1160. The Balaban J connectivity index is 0.000000454. The SMILES string of the molecule is O=C(CCc1cnoc1-c1ccc(F)cc1)N1CCN(c2ccc(Cl)cc2)CC1.O=C(O)C(F)(F)F. The van der Waals surface area contributed by atoms with Gasteiger partial charge in [-0.2, -0.15) is 13.2 Å². The molecule has 3 aromatic rings. The molecule has 7 nitrogen and oxygen atoms in total. The molecule has 12 heteroatoms. The number of aromatic nitrogens is 1. The van der Waals surface area contributed by atoms with Gasteiger partial charge in [-0.05, 0) is 55.0 Å². The van der Waals surface area contributed by atoms with Gasteiger partial charge in [0.05, 0.1) is 6.20 Å². The fraction of sp³-hybridized carbons (Fsp3) is 0.292. The van der Waals surface area contributed by atoms with Crippen LogP contribution in [0.15, 0.2) is 59.3 Å². The van der Waals surface area contributed by atoms with Crippen LogP contribution in [0.1, 0.15) is 12.0 Å². The quantitative estimate of drug-likeness (QED) is 0.467. The van der Waals surface area contributed by atoms with Crippen molar-refractivity contribution in [1.29, 1.82) is 0 Å². The fourth-order valence-corrected chi connectivity index (χ4v) is 3.67. The van der Waals surface area contributed by atoms with Crippen LogP contribution in [-0.4, -0.2) is 59.4 Å². The van der Waals surface area contributed by atoms with Gasteiger partial charge in [0, 0.05) is 54.4 Å². The van der Waals surface area contributed by atoms with Crippen LogP contribution in [0.4, 0.5) is 23.2 Å². The minimum absolute atomic E-state index is 0.118. The Hall–Kier alpha value is -3.60. The maximum absolute atomic E-state index is 13.1. The van der Waals surface area contributed by atoms with Crippen LogP contribution >= 0.6 is 11.6 Å².